The van der Waals surface area contributed by atoms with Crippen LogP contribution in [0, 0.1) is 19.8 Å². The minimum absolute atomic E-state index is 0.319. The first kappa shape index (κ1) is 14.2. The highest BCUT2D eigenvalue weighted by Gasteiger charge is 2.51. The van der Waals surface area contributed by atoms with Crippen molar-refractivity contribution in [2.24, 2.45) is 5.92 Å². The molecule has 0 aliphatic heterocycles. The topological polar surface area (TPSA) is 43.6 Å². The van der Waals surface area contributed by atoms with Gasteiger partial charge in [0.1, 0.15) is 4.33 Å². The first-order valence-corrected chi connectivity index (χ1v) is 8.08. The van der Waals surface area contributed by atoms with E-state index in [2.05, 4.69) is 40.6 Å². The van der Waals surface area contributed by atoms with Crippen molar-refractivity contribution >= 4 is 35.0 Å². The van der Waals surface area contributed by atoms with E-state index in [-0.39, 0.29) is 0 Å². The summed E-state index contributed by atoms with van der Waals surface area (Å²) in [5.41, 5.74) is 3.33. The lowest BCUT2D eigenvalue weighted by Crippen LogP contribution is -2.03. The smallest absolute Gasteiger partial charge is 0.187 e. The second kappa shape index (κ2) is 5.20. The molecule has 0 saturated heterocycles. The largest absolute Gasteiger partial charge is 0.214 e. The maximum atomic E-state index is 6.04. The standard InChI is InChI=1S/C13H14Cl2N4S/c1-8-3-4-9(2)11(5-8)19-12(16-17-18-19)20-7-10-6-13(10,14)15/h3-5,10H,6-7H2,1-2H3. The Morgan fingerprint density at radius 2 is 2.15 bits per heavy atom. The third-order valence-electron chi connectivity index (χ3n) is 3.40. The molecule has 1 aromatic heterocycles. The van der Waals surface area contributed by atoms with Gasteiger partial charge in [0.05, 0.1) is 5.69 Å². The van der Waals surface area contributed by atoms with Crippen LogP contribution in [0.2, 0.25) is 0 Å². The van der Waals surface area contributed by atoms with Gasteiger partial charge in [-0.25, -0.2) is 0 Å². The third-order valence-corrected chi connectivity index (χ3v) is 5.41. The van der Waals surface area contributed by atoms with Crippen molar-refractivity contribution < 1.29 is 0 Å². The molecule has 1 atom stereocenters. The molecule has 0 bridgehead atoms. The second-order valence-corrected chi connectivity index (χ2v) is 7.67. The van der Waals surface area contributed by atoms with E-state index in [0.29, 0.717) is 5.92 Å². The number of thioether (sulfide) groups is 1. The molecule has 7 heteroatoms. The number of rotatable bonds is 4. The fraction of sp³-hybridized carbons (Fsp3) is 0.462. The molecule has 1 aromatic carbocycles. The van der Waals surface area contributed by atoms with Crippen LogP contribution in [-0.2, 0) is 0 Å². The van der Waals surface area contributed by atoms with E-state index in [1.165, 1.54) is 5.56 Å². The minimum atomic E-state index is -0.551. The Balaban J connectivity index is 1.81. The zero-order valence-corrected chi connectivity index (χ0v) is 13.5. The first-order valence-electron chi connectivity index (χ1n) is 6.34. The summed E-state index contributed by atoms with van der Waals surface area (Å²) in [6.45, 7) is 4.11. The van der Waals surface area contributed by atoms with E-state index in [9.17, 15) is 0 Å². The van der Waals surface area contributed by atoms with E-state index in [4.69, 9.17) is 23.2 Å². The van der Waals surface area contributed by atoms with Gasteiger partial charge in [0.25, 0.3) is 0 Å². The van der Waals surface area contributed by atoms with Crippen LogP contribution in [0.4, 0.5) is 0 Å². The molecule has 1 aliphatic carbocycles. The number of nitrogens with zero attached hydrogens (tertiary/aromatic N) is 4. The summed E-state index contributed by atoms with van der Waals surface area (Å²) < 4.78 is 1.23. The average Bonchev–Trinajstić information content (AvgIpc) is 2.82. The maximum Gasteiger partial charge on any atom is 0.214 e. The Kier molecular flexibility index (Phi) is 3.69. The van der Waals surface area contributed by atoms with Crippen LogP contribution >= 0.6 is 35.0 Å². The highest BCUT2D eigenvalue weighted by Crippen LogP contribution is 2.54. The van der Waals surface area contributed by atoms with Crippen molar-refractivity contribution in [2.45, 2.75) is 29.8 Å². The SMILES string of the molecule is Cc1ccc(C)c(-n2nnnc2SCC2CC2(Cl)Cl)c1. The van der Waals surface area contributed by atoms with Crippen LogP contribution in [-0.4, -0.2) is 30.3 Å². The summed E-state index contributed by atoms with van der Waals surface area (Å²) in [5, 5.41) is 12.7. The lowest BCUT2D eigenvalue weighted by Gasteiger charge is -2.08. The molecule has 20 heavy (non-hydrogen) atoms. The summed E-state index contributed by atoms with van der Waals surface area (Å²) in [5.74, 6) is 1.15. The number of benzene rings is 1. The number of aromatic nitrogens is 4. The van der Waals surface area contributed by atoms with Gasteiger partial charge in [-0.2, -0.15) is 4.68 Å². The van der Waals surface area contributed by atoms with Crippen LogP contribution < -0.4 is 0 Å². The summed E-state index contributed by atoms with van der Waals surface area (Å²) >= 11 is 13.7. The minimum Gasteiger partial charge on any atom is -0.187 e. The fourth-order valence-corrected chi connectivity index (χ4v) is 3.81. The predicted octanol–water partition coefficient (Wildman–Crippen LogP) is 3.57. The van der Waals surface area contributed by atoms with Crippen LogP contribution in [0.5, 0.6) is 0 Å². The molecule has 0 radical (unpaired) electrons. The van der Waals surface area contributed by atoms with Crippen molar-refractivity contribution in [3.63, 3.8) is 0 Å². The van der Waals surface area contributed by atoms with Gasteiger partial charge in [-0.1, -0.05) is 23.9 Å². The molecule has 2 aromatic rings. The number of halogens is 2. The Bertz CT molecular complexity index is 641. The number of alkyl halides is 2. The van der Waals surface area contributed by atoms with E-state index in [0.717, 1.165) is 28.6 Å². The molecule has 4 nitrogen and oxygen atoms in total. The third kappa shape index (κ3) is 2.80. The lowest BCUT2D eigenvalue weighted by molar-refractivity contribution is 0.750. The predicted molar refractivity (Wildman–Crippen MR) is 81.9 cm³/mol. The van der Waals surface area contributed by atoms with Crippen LogP contribution in [0.1, 0.15) is 17.5 Å². The van der Waals surface area contributed by atoms with Gasteiger partial charge in [-0.15, -0.1) is 28.3 Å². The Morgan fingerprint density at radius 3 is 2.85 bits per heavy atom. The van der Waals surface area contributed by atoms with Gasteiger partial charge in [0.15, 0.2) is 0 Å². The van der Waals surface area contributed by atoms with E-state index in [1.54, 1.807) is 16.4 Å². The van der Waals surface area contributed by atoms with Crippen LogP contribution in [0.15, 0.2) is 23.4 Å². The molecule has 1 unspecified atom stereocenters. The van der Waals surface area contributed by atoms with Gasteiger partial charge in [-0.3, -0.25) is 0 Å². The van der Waals surface area contributed by atoms with Crippen molar-refractivity contribution in [2.75, 3.05) is 5.75 Å². The highest BCUT2D eigenvalue weighted by atomic mass is 35.5. The average molecular weight is 329 g/mol. The quantitative estimate of drug-likeness (QED) is 0.635. The first-order chi connectivity index (χ1) is 9.47. The molecule has 106 valence electrons. The molecule has 0 spiro atoms. The Hall–Kier alpha value is -0.780. The Morgan fingerprint density at radius 1 is 1.40 bits per heavy atom. The molecule has 0 N–H and O–H groups in total. The molecule has 0 amide bonds. The maximum absolute atomic E-state index is 6.04. The monoisotopic (exact) mass is 328 g/mol. The summed E-state index contributed by atoms with van der Waals surface area (Å²) in [6.07, 6.45) is 0.841. The van der Waals surface area contributed by atoms with Gasteiger partial charge in [0.2, 0.25) is 5.16 Å². The molecule has 1 aliphatic rings. The molecule has 1 heterocycles. The van der Waals surface area contributed by atoms with Gasteiger partial charge in [0, 0.05) is 11.7 Å². The zero-order valence-electron chi connectivity index (χ0n) is 11.2. The van der Waals surface area contributed by atoms with Crippen LogP contribution in [0.3, 0.4) is 0 Å². The summed E-state index contributed by atoms with van der Waals surface area (Å²) in [6, 6.07) is 6.24. The zero-order chi connectivity index (χ0) is 14.3. The molecular formula is C13H14Cl2N4S. The number of aryl methyl sites for hydroxylation is 2. The van der Waals surface area contributed by atoms with Crippen molar-refractivity contribution in [3.05, 3.63) is 29.3 Å². The van der Waals surface area contributed by atoms with Gasteiger partial charge in [-0.05, 0) is 47.9 Å². The Labute approximate surface area is 131 Å². The summed E-state index contributed by atoms with van der Waals surface area (Å²) in [7, 11) is 0. The van der Waals surface area contributed by atoms with Gasteiger partial charge >= 0.3 is 0 Å². The van der Waals surface area contributed by atoms with E-state index >= 15 is 0 Å². The second-order valence-electron chi connectivity index (χ2n) is 5.14. The summed E-state index contributed by atoms with van der Waals surface area (Å²) in [4.78, 5) is 0. The normalized spacial score (nSPS) is 20.1. The van der Waals surface area contributed by atoms with Crippen LogP contribution in [0.25, 0.3) is 5.69 Å². The van der Waals surface area contributed by atoms with E-state index < -0.39 is 4.33 Å². The van der Waals surface area contributed by atoms with Crippen molar-refractivity contribution in [1.82, 2.24) is 20.2 Å². The number of hydrogen-bond acceptors (Lipinski definition) is 4. The van der Waals surface area contributed by atoms with Gasteiger partial charge < -0.3 is 0 Å². The van der Waals surface area contributed by atoms with E-state index in [1.807, 2.05) is 6.92 Å². The number of hydrogen-bond donors (Lipinski definition) is 0. The van der Waals surface area contributed by atoms with Crippen molar-refractivity contribution in [1.29, 1.82) is 0 Å². The lowest BCUT2D eigenvalue weighted by atomic mass is 10.1. The molecule has 3 rings (SSSR count). The number of tetrazole rings is 1. The molecule has 1 fully saturated rings. The molecular weight excluding hydrogens is 315 g/mol. The van der Waals surface area contributed by atoms with Crippen molar-refractivity contribution in [3.8, 4) is 5.69 Å². The fourth-order valence-electron chi connectivity index (χ4n) is 1.99. The highest BCUT2D eigenvalue weighted by molar-refractivity contribution is 7.99. The molecule has 1 saturated carbocycles.